The first kappa shape index (κ1) is 14.7. The second kappa shape index (κ2) is 7.88. The van der Waals surface area contributed by atoms with Crippen LogP contribution in [0.4, 0.5) is 0 Å². The summed E-state index contributed by atoms with van der Waals surface area (Å²) in [5, 5.41) is 0. The van der Waals surface area contributed by atoms with Gasteiger partial charge in [-0.3, -0.25) is 0 Å². The molecule has 2 unspecified atom stereocenters. The second-order valence-corrected chi connectivity index (χ2v) is 5.72. The van der Waals surface area contributed by atoms with Crippen LogP contribution in [0.2, 0.25) is 0 Å². The van der Waals surface area contributed by atoms with E-state index in [1.807, 2.05) is 0 Å². The predicted octanol–water partition coefficient (Wildman–Crippen LogP) is 4.54. The van der Waals surface area contributed by atoms with Crippen LogP contribution >= 0.6 is 15.9 Å². The van der Waals surface area contributed by atoms with Crippen LogP contribution in [0, 0.1) is 5.92 Å². The second-order valence-electron chi connectivity index (χ2n) is 4.81. The van der Waals surface area contributed by atoms with Gasteiger partial charge in [-0.05, 0) is 36.5 Å². The topological polar surface area (TPSA) is 26.0 Å². The van der Waals surface area contributed by atoms with Crippen LogP contribution in [0.3, 0.4) is 0 Å². The standard InChI is InChI=1S/C15H24BrN/c1-3-5-6-13(4-2)15(17)11-12-7-9-14(16)10-8-12/h7-10,13,15H,3-6,11,17H2,1-2H3. The molecule has 1 rings (SSSR count). The van der Waals surface area contributed by atoms with Crippen molar-refractivity contribution in [2.75, 3.05) is 0 Å². The highest BCUT2D eigenvalue weighted by atomic mass is 79.9. The van der Waals surface area contributed by atoms with E-state index in [1.165, 1.54) is 31.2 Å². The number of benzene rings is 1. The third-order valence-electron chi connectivity index (χ3n) is 3.44. The Balaban J connectivity index is 2.51. The molecular formula is C15H24BrN. The van der Waals surface area contributed by atoms with Crippen LogP contribution in [0.25, 0.3) is 0 Å². The van der Waals surface area contributed by atoms with Crippen molar-refractivity contribution in [1.82, 2.24) is 0 Å². The predicted molar refractivity (Wildman–Crippen MR) is 79.1 cm³/mol. The SMILES string of the molecule is CCCCC(CC)C(N)Cc1ccc(Br)cc1. The number of unbranched alkanes of at least 4 members (excludes halogenated alkanes) is 1. The van der Waals surface area contributed by atoms with E-state index in [2.05, 4.69) is 54.0 Å². The molecule has 0 aromatic heterocycles. The lowest BCUT2D eigenvalue weighted by Gasteiger charge is -2.22. The smallest absolute Gasteiger partial charge is 0.0175 e. The highest BCUT2D eigenvalue weighted by Gasteiger charge is 2.15. The van der Waals surface area contributed by atoms with Gasteiger partial charge in [-0.25, -0.2) is 0 Å². The van der Waals surface area contributed by atoms with Crippen molar-refractivity contribution in [2.24, 2.45) is 11.7 Å². The summed E-state index contributed by atoms with van der Waals surface area (Å²) in [7, 11) is 0. The molecule has 0 amide bonds. The van der Waals surface area contributed by atoms with Crippen LogP contribution in [-0.2, 0) is 6.42 Å². The average molecular weight is 298 g/mol. The zero-order valence-electron chi connectivity index (χ0n) is 11.0. The molecule has 0 aliphatic carbocycles. The normalized spacial score (nSPS) is 14.6. The summed E-state index contributed by atoms with van der Waals surface area (Å²) in [6.45, 7) is 4.49. The molecule has 96 valence electrons. The zero-order valence-corrected chi connectivity index (χ0v) is 12.5. The summed E-state index contributed by atoms with van der Waals surface area (Å²) in [4.78, 5) is 0. The molecular weight excluding hydrogens is 274 g/mol. The van der Waals surface area contributed by atoms with Gasteiger partial charge in [-0.15, -0.1) is 0 Å². The van der Waals surface area contributed by atoms with Crippen molar-refractivity contribution < 1.29 is 0 Å². The molecule has 0 radical (unpaired) electrons. The van der Waals surface area contributed by atoms with Crippen molar-refractivity contribution in [3.63, 3.8) is 0 Å². The molecule has 0 aliphatic rings. The van der Waals surface area contributed by atoms with Gasteiger partial charge < -0.3 is 5.73 Å². The molecule has 0 spiro atoms. The summed E-state index contributed by atoms with van der Waals surface area (Å²) < 4.78 is 1.13. The van der Waals surface area contributed by atoms with Gasteiger partial charge in [-0.2, -0.15) is 0 Å². The van der Waals surface area contributed by atoms with E-state index in [0.717, 1.165) is 10.9 Å². The van der Waals surface area contributed by atoms with Crippen LogP contribution in [0.1, 0.15) is 45.1 Å². The zero-order chi connectivity index (χ0) is 12.7. The molecule has 0 saturated heterocycles. The maximum atomic E-state index is 6.33. The van der Waals surface area contributed by atoms with Gasteiger partial charge in [0.25, 0.3) is 0 Å². The van der Waals surface area contributed by atoms with Gasteiger partial charge in [0.05, 0.1) is 0 Å². The number of halogens is 1. The largest absolute Gasteiger partial charge is 0.327 e. The van der Waals surface area contributed by atoms with E-state index in [4.69, 9.17) is 5.73 Å². The van der Waals surface area contributed by atoms with Crippen LogP contribution in [0.15, 0.2) is 28.7 Å². The Morgan fingerprint density at radius 2 is 1.82 bits per heavy atom. The average Bonchev–Trinajstić information content (AvgIpc) is 2.33. The third kappa shape index (κ3) is 5.22. The van der Waals surface area contributed by atoms with Gasteiger partial charge in [0.1, 0.15) is 0 Å². The van der Waals surface area contributed by atoms with Crippen molar-refractivity contribution >= 4 is 15.9 Å². The van der Waals surface area contributed by atoms with Crippen molar-refractivity contribution in [3.8, 4) is 0 Å². The fraction of sp³-hybridized carbons (Fsp3) is 0.600. The van der Waals surface area contributed by atoms with Gasteiger partial charge in [0.15, 0.2) is 0 Å². The lowest BCUT2D eigenvalue weighted by atomic mass is 9.88. The summed E-state index contributed by atoms with van der Waals surface area (Å²) in [5.74, 6) is 0.665. The molecule has 2 heteroatoms. The summed E-state index contributed by atoms with van der Waals surface area (Å²) >= 11 is 3.46. The number of nitrogens with two attached hydrogens (primary N) is 1. The number of hydrogen-bond acceptors (Lipinski definition) is 1. The summed E-state index contributed by atoms with van der Waals surface area (Å²) in [5.41, 5.74) is 7.67. The Kier molecular flexibility index (Phi) is 6.83. The molecule has 0 saturated carbocycles. The fourth-order valence-electron chi connectivity index (χ4n) is 2.25. The Hall–Kier alpha value is -0.340. The minimum atomic E-state index is 0.299. The van der Waals surface area contributed by atoms with E-state index in [0.29, 0.717) is 12.0 Å². The van der Waals surface area contributed by atoms with E-state index in [1.54, 1.807) is 0 Å². The third-order valence-corrected chi connectivity index (χ3v) is 3.97. The van der Waals surface area contributed by atoms with E-state index >= 15 is 0 Å². The summed E-state index contributed by atoms with van der Waals surface area (Å²) in [6, 6.07) is 8.81. The molecule has 0 aliphatic heterocycles. The first-order valence-electron chi connectivity index (χ1n) is 6.67. The van der Waals surface area contributed by atoms with Gasteiger partial charge in [0.2, 0.25) is 0 Å². The Morgan fingerprint density at radius 3 is 2.35 bits per heavy atom. The van der Waals surface area contributed by atoms with Gasteiger partial charge in [0, 0.05) is 10.5 Å². The monoisotopic (exact) mass is 297 g/mol. The first-order valence-corrected chi connectivity index (χ1v) is 7.46. The van der Waals surface area contributed by atoms with Crippen LogP contribution in [0.5, 0.6) is 0 Å². The molecule has 2 N–H and O–H groups in total. The minimum Gasteiger partial charge on any atom is -0.327 e. The van der Waals surface area contributed by atoms with Crippen LogP contribution in [-0.4, -0.2) is 6.04 Å². The van der Waals surface area contributed by atoms with Gasteiger partial charge >= 0.3 is 0 Å². The number of rotatable bonds is 7. The first-order chi connectivity index (χ1) is 8.17. The molecule has 0 fully saturated rings. The van der Waals surface area contributed by atoms with Crippen LogP contribution < -0.4 is 5.73 Å². The van der Waals surface area contributed by atoms with Crippen molar-refractivity contribution in [2.45, 2.75) is 52.0 Å². The Morgan fingerprint density at radius 1 is 1.18 bits per heavy atom. The van der Waals surface area contributed by atoms with E-state index in [9.17, 15) is 0 Å². The molecule has 1 aromatic carbocycles. The molecule has 1 aromatic rings. The van der Waals surface area contributed by atoms with Crippen molar-refractivity contribution in [1.29, 1.82) is 0 Å². The molecule has 1 nitrogen and oxygen atoms in total. The van der Waals surface area contributed by atoms with Crippen molar-refractivity contribution in [3.05, 3.63) is 34.3 Å². The Bertz CT molecular complexity index is 307. The highest BCUT2D eigenvalue weighted by Crippen LogP contribution is 2.19. The molecule has 2 atom stereocenters. The molecule has 0 heterocycles. The summed E-state index contributed by atoms with van der Waals surface area (Å²) in [6.07, 6.45) is 6.02. The highest BCUT2D eigenvalue weighted by molar-refractivity contribution is 9.10. The van der Waals surface area contributed by atoms with Gasteiger partial charge in [-0.1, -0.05) is 61.2 Å². The molecule has 0 bridgehead atoms. The Labute approximate surface area is 114 Å². The van der Waals surface area contributed by atoms with E-state index < -0.39 is 0 Å². The lowest BCUT2D eigenvalue weighted by molar-refractivity contribution is 0.369. The number of hydrogen-bond donors (Lipinski definition) is 1. The lowest BCUT2D eigenvalue weighted by Crippen LogP contribution is -2.32. The maximum Gasteiger partial charge on any atom is 0.0175 e. The minimum absolute atomic E-state index is 0.299. The quantitative estimate of drug-likeness (QED) is 0.786. The molecule has 17 heavy (non-hydrogen) atoms. The fourth-order valence-corrected chi connectivity index (χ4v) is 2.51. The van der Waals surface area contributed by atoms with E-state index in [-0.39, 0.29) is 0 Å². The maximum absolute atomic E-state index is 6.33.